The number of aliphatic hydroxyl groups excluding tert-OH is 1. The van der Waals surface area contributed by atoms with Crippen LogP contribution in [0.15, 0.2) is 36.8 Å². The highest BCUT2D eigenvalue weighted by Crippen LogP contribution is 2.25. The number of aromatic nitrogens is 4. The standard InChI is InChI=1S/C19H22N6O/c1-13-3-2-4-15(9-13)23-18-17-16(21-12-22-18)10-20-19(24-17)25-7-5-14(11-26)6-8-25/h2-4,9-10,12,14,26H,5-8,11H2,1H3,(H,21,22,23). The number of fused-ring (bicyclic) bond motifs is 1. The van der Waals surface area contributed by atoms with Gasteiger partial charge in [0.2, 0.25) is 5.95 Å². The third kappa shape index (κ3) is 3.43. The van der Waals surface area contributed by atoms with Gasteiger partial charge in [0.25, 0.3) is 0 Å². The normalized spacial score (nSPS) is 15.4. The molecule has 1 aromatic carbocycles. The van der Waals surface area contributed by atoms with Gasteiger partial charge in [-0.05, 0) is 43.4 Å². The number of nitrogens with zero attached hydrogens (tertiary/aromatic N) is 5. The molecule has 2 aromatic heterocycles. The third-order valence-electron chi connectivity index (χ3n) is 4.80. The molecule has 7 heteroatoms. The van der Waals surface area contributed by atoms with Crippen molar-refractivity contribution >= 4 is 28.5 Å². The summed E-state index contributed by atoms with van der Waals surface area (Å²) in [6.07, 6.45) is 5.18. The molecule has 0 amide bonds. The Balaban J connectivity index is 1.64. The molecule has 0 aliphatic carbocycles. The Kier molecular flexibility index (Phi) is 4.62. The van der Waals surface area contributed by atoms with Crippen LogP contribution in [0.1, 0.15) is 18.4 Å². The summed E-state index contributed by atoms with van der Waals surface area (Å²) in [5.74, 6) is 1.75. The summed E-state index contributed by atoms with van der Waals surface area (Å²) >= 11 is 0. The van der Waals surface area contributed by atoms with Crippen LogP contribution in [0, 0.1) is 12.8 Å². The van der Waals surface area contributed by atoms with E-state index in [4.69, 9.17) is 4.98 Å². The monoisotopic (exact) mass is 350 g/mol. The first-order valence-corrected chi connectivity index (χ1v) is 8.90. The van der Waals surface area contributed by atoms with Crippen LogP contribution in [0.3, 0.4) is 0 Å². The van der Waals surface area contributed by atoms with Crippen molar-refractivity contribution in [1.29, 1.82) is 0 Å². The first kappa shape index (κ1) is 16.7. The lowest BCUT2D eigenvalue weighted by molar-refractivity contribution is 0.202. The molecule has 7 nitrogen and oxygen atoms in total. The van der Waals surface area contributed by atoms with E-state index in [1.54, 1.807) is 6.20 Å². The van der Waals surface area contributed by atoms with Crippen molar-refractivity contribution in [2.75, 3.05) is 29.9 Å². The fourth-order valence-electron chi connectivity index (χ4n) is 3.26. The summed E-state index contributed by atoms with van der Waals surface area (Å²) in [5.41, 5.74) is 3.57. The van der Waals surface area contributed by atoms with Gasteiger partial charge in [0.1, 0.15) is 17.4 Å². The van der Waals surface area contributed by atoms with E-state index in [1.807, 2.05) is 12.1 Å². The number of anilines is 3. The molecule has 0 saturated carbocycles. The van der Waals surface area contributed by atoms with Crippen LogP contribution < -0.4 is 10.2 Å². The molecule has 1 aliphatic rings. The maximum absolute atomic E-state index is 9.31. The number of rotatable bonds is 4. The molecule has 1 fully saturated rings. The fraction of sp³-hybridized carbons (Fsp3) is 0.368. The first-order valence-electron chi connectivity index (χ1n) is 8.90. The molecule has 2 N–H and O–H groups in total. The molecule has 0 bridgehead atoms. The molecule has 0 unspecified atom stereocenters. The van der Waals surface area contributed by atoms with Crippen molar-refractivity contribution in [1.82, 2.24) is 19.9 Å². The highest BCUT2D eigenvalue weighted by atomic mass is 16.3. The van der Waals surface area contributed by atoms with E-state index in [1.165, 1.54) is 11.9 Å². The highest BCUT2D eigenvalue weighted by Gasteiger charge is 2.21. The minimum atomic E-state index is 0.255. The quantitative estimate of drug-likeness (QED) is 0.748. The minimum Gasteiger partial charge on any atom is -0.396 e. The van der Waals surface area contributed by atoms with Crippen LogP contribution in [0.25, 0.3) is 11.0 Å². The zero-order valence-electron chi connectivity index (χ0n) is 14.8. The van der Waals surface area contributed by atoms with Crippen LogP contribution in [0.4, 0.5) is 17.5 Å². The molecule has 0 radical (unpaired) electrons. The van der Waals surface area contributed by atoms with Crippen molar-refractivity contribution < 1.29 is 5.11 Å². The van der Waals surface area contributed by atoms with Gasteiger partial charge in [-0.2, -0.15) is 0 Å². The summed E-state index contributed by atoms with van der Waals surface area (Å²) in [7, 11) is 0. The summed E-state index contributed by atoms with van der Waals surface area (Å²) in [6.45, 7) is 4.01. The van der Waals surface area contributed by atoms with E-state index in [9.17, 15) is 5.11 Å². The van der Waals surface area contributed by atoms with E-state index in [0.717, 1.165) is 31.6 Å². The van der Waals surface area contributed by atoms with Crippen LogP contribution in [-0.2, 0) is 0 Å². The maximum Gasteiger partial charge on any atom is 0.226 e. The Hall–Kier alpha value is -2.80. The molecule has 134 valence electrons. The maximum atomic E-state index is 9.31. The summed E-state index contributed by atoms with van der Waals surface area (Å²) < 4.78 is 0. The number of aryl methyl sites for hydroxylation is 1. The van der Waals surface area contributed by atoms with Crippen molar-refractivity contribution in [3.63, 3.8) is 0 Å². The Bertz CT molecular complexity index is 907. The topological polar surface area (TPSA) is 87.1 Å². The number of hydrogen-bond donors (Lipinski definition) is 2. The van der Waals surface area contributed by atoms with Gasteiger partial charge in [-0.15, -0.1) is 0 Å². The highest BCUT2D eigenvalue weighted by molar-refractivity contribution is 5.87. The third-order valence-corrected chi connectivity index (χ3v) is 4.80. The van der Waals surface area contributed by atoms with Crippen molar-refractivity contribution in [3.05, 3.63) is 42.4 Å². The summed E-state index contributed by atoms with van der Waals surface area (Å²) in [4.78, 5) is 20.0. The van der Waals surface area contributed by atoms with Crippen molar-refractivity contribution in [2.24, 2.45) is 5.92 Å². The van der Waals surface area contributed by atoms with Crippen molar-refractivity contribution in [3.8, 4) is 0 Å². The molecular weight excluding hydrogens is 328 g/mol. The van der Waals surface area contributed by atoms with E-state index >= 15 is 0 Å². The molecule has 3 heterocycles. The SMILES string of the molecule is Cc1cccc(Nc2ncnc3cnc(N4CCC(CO)CC4)nc23)c1. The average Bonchev–Trinajstić information content (AvgIpc) is 2.68. The fourth-order valence-corrected chi connectivity index (χ4v) is 3.26. The van der Waals surface area contributed by atoms with E-state index in [2.05, 4.69) is 44.2 Å². The summed E-state index contributed by atoms with van der Waals surface area (Å²) in [6, 6.07) is 8.13. The van der Waals surface area contributed by atoms with Crippen LogP contribution in [0.2, 0.25) is 0 Å². The largest absolute Gasteiger partial charge is 0.396 e. The van der Waals surface area contributed by atoms with Gasteiger partial charge in [0.15, 0.2) is 5.82 Å². The number of hydrogen-bond acceptors (Lipinski definition) is 7. The van der Waals surface area contributed by atoms with Crippen molar-refractivity contribution in [2.45, 2.75) is 19.8 Å². The van der Waals surface area contributed by atoms with Gasteiger partial charge >= 0.3 is 0 Å². The zero-order chi connectivity index (χ0) is 17.9. The minimum absolute atomic E-state index is 0.255. The molecule has 26 heavy (non-hydrogen) atoms. The van der Waals surface area contributed by atoms with E-state index in [-0.39, 0.29) is 6.61 Å². The predicted molar refractivity (Wildman–Crippen MR) is 102 cm³/mol. The molecule has 1 aliphatic heterocycles. The van der Waals surface area contributed by atoms with E-state index < -0.39 is 0 Å². The van der Waals surface area contributed by atoms with E-state index in [0.29, 0.717) is 28.7 Å². The number of aliphatic hydroxyl groups is 1. The Morgan fingerprint density at radius 1 is 1.19 bits per heavy atom. The molecule has 0 atom stereocenters. The van der Waals surface area contributed by atoms with Gasteiger partial charge in [0.05, 0.1) is 6.20 Å². The van der Waals surface area contributed by atoms with Gasteiger partial charge in [0, 0.05) is 25.4 Å². The summed E-state index contributed by atoms with van der Waals surface area (Å²) in [5, 5.41) is 12.7. The molecule has 1 saturated heterocycles. The zero-order valence-corrected chi connectivity index (χ0v) is 14.8. The smallest absolute Gasteiger partial charge is 0.226 e. The van der Waals surface area contributed by atoms with Gasteiger partial charge in [-0.25, -0.2) is 19.9 Å². The number of benzene rings is 1. The second-order valence-corrected chi connectivity index (χ2v) is 6.73. The number of piperidine rings is 1. The molecule has 4 rings (SSSR count). The Labute approximate surface area is 152 Å². The molecular formula is C19H22N6O. The number of nitrogens with one attached hydrogen (secondary N) is 1. The van der Waals surface area contributed by atoms with Crippen LogP contribution in [-0.4, -0.2) is 44.7 Å². The Morgan fingerprint density at radius 3 is 2.81 bits per heavy atom. The van der Waals surface area contributed by atoms with Gasteiger partial charge in [-0.1, -0.05) is 12.1 Å². The van der Waals surface area contributed by atoms with Crippen LogP contribution >= 0.6 is 0 Å². The lowest BCUT2D eigenvalue weighted by atomic mass is 9.98. The lowest BCUT2D eigenvalue weighted by Crippen LogP contribution is -2.35. The van der Waals surface area contributed by atoms with Gasteiger partial charge < -0.3 is 15.3 Å². The Morgan fingerprint density at radius 2 is 2.04 bits per heavy atom. The lowest BCUT2D eigenvalue weighted by Gasteiger charge is -2.31. The molecule has 3 aromatic rings. The first-order chi connectivity index (χ1) is 12.7. The second kappa shape index (κ2) is 7.21. The second-order valence-electron chi connectivity index (χ2n) is 6.73. The average molecular weight is 350 g/mol. The molecule has 0 spiro atoms. The van der Waals surface area contributed by atoms with Crippen LogP contribution in [0.5, 0.6) is 0 Å². The van der Waals surface area contributed by atoms with Gasteiger partial charge in [-0.3, -0.25) is 0 Å². The predicted octanol–water partition coefficient (Wildman–Crippen LogP) is 2.68.